The summed E-state index contributed by atoms with van der Waals surface area (Å²) in [5.74, 6) is 0.269. The number of hydrazone groups is 1. The Morgan fingerprint density at radius 2 is 1.70 bits per heavy atom. The van der Waals surface area contributed by atoms with Crippen molar-refractivity contribution in [2.45, 2.75) is 16.7 Å². The number of carbonyl (C=O) groups is 2. The molecule has 0 heterocycles. The summed E-state index contributed by atoms with van der Waals surface area (Å²) >= 11 is 1.49. The van der Waals surface area contributed by atoms with Gasteiger partial charge in [-0.15, -0.1) is 11.8 Å². The number of ether oxygens (including phenoxy) is 4. The fourth-order valence-electron chi connectivity index (χ4n) is 3.39. The van der Waals surface area contributed by atoms with Crippen LogP contribution in [-0.2, 0) is 19.6 Å². The Kier molecular flexibility index (Phi) is 10.8. The van der Waals surface area contributed by atoms with E-state index in [1.807, 2.05) is 13.2 Å². The van der Waals surface area contributed by atoms with E-state index in [0.29, 0.717) is 17.9 Å². The van der Waals surface area contributed by atoms with Crippen LogP contribution in [0.5, 0.6) is 17.2 Å². The molecule has 0 radical (unpaired) electrons. The summed E-state index contributed by atoms with van der Waals surface area (Å²) in [5, 5.41) is 3.93. The summed E-state index contributed by atoms with van der Waals surface area (Å²) in [6.45, 7) is 1.76. The molecule has 1 N–H and O–H groups in total. The fraction of sp³-hybridized carbons (Fsp3) is 0.222. The molecule has 3 aromatic carbocycles. The number of nitrogens with zero attached hydrogens (tertiary/aromatic N) is 2. The second kappa shape index (κ2) is 14.2. The maximum Gasteiger partial charge on any atom is 0.513 e. The standard InChI is InChI=1S/C27H29N3O8S2/c1-5-37-21-9-7-20(8-10-21)30(40(33,34)23-13-11-22(39-4)12-14-23)18-26(31)29-28-17-19-6-15-24(25(16-19)35-2)38-27(32)36-3/h6-17H,5,18H2,1-4H3,(H,29,31)/b28-17-. The van der Waals surface area contributed by atoms with E-state index < -0.39 is 28.6 Å². The van der Waals surface area contributed by atoms with Crippen LogP contribution >= 0.6 is 11.8 Å². The van der Waals surface area contributed by atoms with Crippen LogP contribution in [0.15, 0.2) is 81.6 Å². The molecule has 40 heavy (non-hydrogen) atoms. The summed E-state index contributed by atoms with van der Waals surface area (Å²) in [6, 6.07) is 17.4. The SMILES string of the molecule is CCOc1ccc(N(CC(=O)N/N=C\c2ccc(OC(=O)OC)c(OC)c2)S(=O)(=O)c2ccc(SC)cc2)cc1. The molecule has 1 amide bonds. The minimum Gasteiger partial charge on any atom is -0.494 e. The Morgan fingerprint density at radius 1 is 1.00 bits per heavy atom. The quantitative estimate of drug-likeness (QED) is 0.108. The molecule has 0 bridgehead atoms. The van der Waals surface area contributed by atoms with Crippen LogP contribution < -0.4 is 23.9 Å². The lowest BCUT2D eigenvalue weighted by Crippen LogP contribution is -2.39. The van der Waals surface area contributed by atoms with E-state index in [2.05, 4.69) is 15.3 Å². The highest BCUT2D eigenvalue weighted by Gasteiger charge is 2.27. The van der Waals surface area contributed by atoms with Gasteiger partial charge in [0.1, 0.15) is 12.3 Å². The molecule has 0 aliphatic rings. The van der Waals surface area contributed by atoms with E-state index in [0.717, 1.165) is 9.20 Å². The smallest absolute Gasteiger partial charge is 0.494 e. The van der Waals surface area contributed by atoms with Gasteiger partial charge in [0.25, 0.3) is 15.9 Å². The van der Waals surface area contributed by atoms with Crippen molar-refractivity contribution in [3.63, 3.8) is 0 Å². The Bertz CT molecular complexity index is 1440. The van der Waals surface area contributed by atoms with Crippen molar-refractivity contribution in [2.24, 2.45) is 5.10 Å². The van der Waals surface area contributed by atoms with Crippen LogP contribution in [0.3, 0.4) is 0 Å². The van der Waals surface area contributed by atoms with Crippen molar-refractivity contribution in [3.8, 4) is 17.2 Å². The molecule has 0 unspecified atom stereocenters. The van der Waals surface area contributed by atoms with E-state index in [1.165, 1.54) is 56.5 Å². The van der Waals surface area contributed by atoms with Gasteiger partial charge in [0, 0.05) is 4.90 Å². The Labute approximate surface area is 237 Å². The van der Waals surface area contributed by atoms with Crippen LogP contribution in [0.25, 0.3) is 0 Å². The number of carbonyl (C=O) groups excluding carboxylic acids is 2. The van der Waals surface area contributed by atoms with Crippen molar-refractivity contribution < 1.29 is 37.0 Å². The van der Waals surface area contributed by atoms with E-state index in [9.17, 15) is 18.0 Å². The second-order valence-corrected chi connectivity index (χ2v) is 10.6. The minimum absolute atomic E-state index is 0.0387. The first kappa shape index (κ1) is 30.3. The average molecular weight is 588 g/mol. The highest BCUT2D eigenvalue weighted by Crippen LogP contribution is 2.29. The zero-order chi connectivity index (χ0) is 29.1. The largest absolute Gasteiger partial charge is 0.513 e. The van der Waals surface area contributed by atoms with Crippen molar-refractivity contribution in [1.29, 1.82) is 0 Å². The number of hydrogen-bond acceptors (Lipinski definition) is 10. The first-order valence-corrected chi connectivity index (χ1v) is 14.5. The van der Waals surface area contributed by atoms with E-state index in [-0.39, 0.29) is 22.1 Å². The highest BCUT2D eigenvalue weighted by atomic mass is 32.2. The molecule has 3 aromatic rings. The summed E-state index contributed by atoms with van der Waals surface area (Å²) in [6.07, 6.45) is 2.32. The van der Waals surface area contributed by atoms with Crippen LogP contribution in [0.2, 0.25) is 0 Å². The summed E-state index contributed by atoms with van der Waals surface area (Å²) in [4.78, 5) is 25.2. The molecule has 0 aliphatic carbocycles. The molecule has 0 saturated carbocycles. The van der Waals surface area contributed by atoms with Crippen molar-refractivity contribution >= 4 is 45.7 Å². The molecule has 0 spiro atoms. The van der Waals surface area contributed by atoms with Gasteiger partial charge in [0.15, 0.2) is 11.5 Å². The van der Waals surface area contributed by atoms with Crippen molar-refractivity contribution in [2.75, 3.05) is 37.9 Å². The average Bonchev–Trinajstić information content (AvgIpc) is 2.97. The Morgan fingerprint density at radius 3 is 2.30 bits per heavy atom. The molecular formula is C27H29N3O8S2. The third-order valence-corrected chi connectivity index (χ3v) is 7.85. The van der Waals surface area contributed by atoms with Crippen LogP contribution in [0.1, 0.15) is 12.5 Å². The summed E-state index contributed by atoms with van der Waals surface area (Å²) < 4.78 is 48.3. The van der Waals surface area contributed by atoms with Crippen LogP contribution in [0, 0.1) is 0 Å². The maximum atomic E-state index is 13.6. The number of hydrogen-bond donors (Lipinski definition) is 1. The summed E-state index contributed by atoms with van der Waals surface area (Å²) in [5.41, 5.74) is 3.14. The molecule has 0 saturated heterocycles. The maximum absolute atomic E-state index is 13.6. The highest BCUT2D eigenvalue weighted by molar-refractivity contribution is 7.98. The lowest BCUT2D eigenvalue weighted by Gasteiger charge is -2.24. The van der Waals surface area contributed by atoms with E-state index in [1.54, 1.807) is 42.5 Å². The number of benzene rings is 3. The molecule has 0 atom stereocenters. The predicted octanol–water partition coefficient (Wildman–Crippen LogP) is 4.31. The van der Waals surface area contributed by atoms with Gasteiger partial charge in [0.2, 0.25) is 0 Å². The van der Waals surface area contributed by atoms with Crippen LogP contribution in [-0.4, -0.2) is 60.3 Å². The Hall–Kier alpha value is -4.23. The van der Waals surface area contributed by atoms with Crippen molar-refractivity contribution in [1.82, 2.24) is 5.43 Å². The number of anilines is 1. The molecule has 13 heteroatoms. The number of methoxy groups -OCH3 is 2. The van der Waals surface area contributed by atoms with Crippen molar-refractivity contribution in [3.05, 3.63) is 72.3 Å². The number of sulfonamides is 1. The van der Waals surface area contributed by atoms with Gasteiger partial charge < -0.3 is 18.9 Å². The fourth-order valence-corrected chi connectivity index (χ4v) is 5.22. The number of amides is 1. The number of rotatable bonds is 12. The first-order valence-electron chi connectivity index (χ1n) is 11.9. The molecular weight excluding hydrogens is 558 g/mol. The van der Waals surface area contributed by atoms with Crippen LogP contribution in [0.4, 0.5) is 10.5 Å². The van der Waals surface area contributed by atoms with Gasteiger partial charge in [-0.3, -0.25) is 9.10 Å². The van der Waals surface area contributed by atoms with Gasteiger partial charge in [-0.25, -0.2) is 18.6 Å². The third-order valence-electron chi connectivity index (χ3n) is 5.32. The molecule has 0 fully saturated rings. The third kappa shape index (κ3) is 7.90. The molecule has 0 aromatic heterocycles. The Balaban J connectivity index is 1.80. The minimum atomic E-state index is -4.10. The molecule has 0 aliphatic heterocycles. The number of thioether (sulfide) groups is 1. The second-order valence-electron chi connectivity index (χ2n) is 7.87. The van der Waals surface area contributed by atoms with Gasteiger partial charge in [0.05, 0.1) is 37.6 Å². The zero-order valence-corrected chi connectivity index (χ0v) is 24.0. The van der Waals surface area contributed by atoms with Gasteiger partial charge in [-0.2, -0.15) is 5.10 Å². The monoisotopic (exact) mass is 587 g/mol. The zero-order valence-electron chi connectivity index (χ0n) is 22.3. The van der Waals surface area contributed by atoms with Gasteiger partial charge in [-0.05, 0) is 85.5 Å². The molecule has 212 valence electrons. The lowest BCUT2D eigenvalue weighted by atomic mass is 10.2. The predicted molar refractivity (Wildman–Crippen MR) is 152 cm³/mol. The first-order chi connectivity index (χ1) is 19.2. The summed E-state index contributed by atoms with van der Waals surface area (Å²) in [7, 11) is -1.52. The van der Waals surface area contributed by atoms with Gasteiger partial charge >= 0.3 is 6.16 Å². The normalized spacial score (nSPS) is 11.1. The number of nitrogens with one attached hydrogen (secondary N) is 1. The lowest BCUT2D eigenvalue weighted by molar-refractivity contribution is -0.119. The van der Waals surface area contributed by atoms with E-state index in [4.69, 9.17) is 14.2 Å². The van der Waals surface area contributed by atoms with E-state index >= 15 is 0 Å². The van der Waals surface area contributed by atoms with Gasteiger partial charge in [-0.1, -0.05) is 0 Å². The topological polar surface area (TPSA) is 133 Å². The molecule has 11 nitrogen and oxygen atoms in total. The molecule has 3 rings (SSSR count).